The summed E-state index contributed by atoms with van der Waals surface area (Å²) in [5.74, 6) is 0.459. The Kier molecular flexibility index (Phi) is 25.6. The molecule has 0 spiro atoms. The molecule has 4 fully saturated rings. The SMILES string of the molecule is NCC1O[C@H](O[C@H]2[C@@H](O)[C@H](O[C@@H]3[C@@H](O)[C@H](N)C[C@H](N)[C@H]3O[C@H]3O[C@H](CN)[C@@H](O)[C@H](O)[C@H]3N)O[C@@H]2CSCCNC(=S)NCCCOCCCCOCCCNC(=S)NCc2ccc3c(c2)C(=O)c2ccccc2C3=O)[C@H](N)[C@@H](O)[C@@H]1O. The monoisotopic (exact) mass is 1200 g/mol. The van der Waals surface area contributed by atoms with Gasteiger partial charge in [0.2, 0.25) is 0 Å². The fraction of sp³-hybridized carbons (Fsp3) is 0.692. The Hall–Kier alpha value is -3.29. The van der Waals surface area contributed by atoms with Gasteiger partial charge in [-0.05, 0) is 74.2 Å². The van der Waals surface area contributed by atoms with Crippen molar-refractivity contribution < 1.29 is 78.1 Å². The van der Waals surface area contributed by atoms with Crippen LogP contribution in [-0.2, 0) is 44.4 Å². The van der Waals surface area contributed by atoms with Gasteiger partial charge >= 0.3 is 0 Å². The number of nitrogens with one attached hydrogen (secondary N) is 4. The van der Waals surface area contributed by atoms with E-state index in [2.05, 4.69) is 21.3 Å². The van der Waals surface area contributed by atoms with Gasteiger partial charge in [-0.25, -0.2) is 0 Å². The van der Waals surface area contributed by atoms with Gasteiger partial charge in [0.15, 0.2) is 40.7 Å². The van der Waals surface area contributed by atoms with E-state index < -0.39 is 116 Å². The molecule has 22 N–H and O–H groups in total. The molecular weight excluding hydrogens is 1120 g/mol. The number of hydrogen-bond acceptors (Lipinski definition) is 25. The minimum atomic E-state index is -1.55. The number of hydrogen-bond donors (Lipinski definition) is 16. The molecule has 81 heavy (non-hydrogen) atoms. The standard InChI is InChI=1S/C52H82N10O16S3/c53-21-32-40(66)42(68)35(57)48(73-32)76-45-31(56)20-30(55)39(65)47(45)78-50-44(70)46(77-49-36(58)43(69)41(67)33(22-54)74-49)34(75-50)24-81-18-13-61-51(79)59-11-5-16-71-14-3-4-15-72-17-6-12-60-52(80)62-23-25-9-10-28-29(19-25)38(64)27-8-2-1-7-26(27)37(28)63/h1-2,7-10,19,30-36,39-50,65-70H,3-6,11-18,20-24,53-58H2,(H2,59,61,79)(H2,60,62,80)/t30-,31+,32-,33?,34-,35-,36-,39+,40-,41-,42-,43-,44-,45-,46-,47-,48-,49-,50+/m1/s1. The Morgan fingerprint density at radius 3 is 1.63 bits per heavy atom. The second-order valence-electron chi connectivity index (χ2n) is 20.7. The van der Waals surface area contributed by atoms with Crippen molar-refractivity contribution in [2.45, 2.75) is 155 Å². The topological polar surface area (TPSA) is 434 Å². The van der Waals surface area contributed by atoms with Gasteiger partial charge in [-0.3, -0.25) is 9.59 Å². The number of carbonyl (C=O) groups excluding carboxylic acids is 2. The molecule has 2 aromatic carbocycles. The number of thiocarbonyl (C=S) groups is 2. The largest absolute Gasteiger partial charge is 0.389 e. The van der Waals surface area contributed by atoms with E-state index in [1.54, 1.807) is 36.4 Å². The van der Waals surface area contributed by atoms with Crippen LogP contribution in [0.1, 0.15) is 69.5 Å². The lowest BCUT2D eigenvalue weighted by molar-refractivity contribution is -0.306. The molecule has 0 radical (unpaired) electrons. The molecule has 2 aliphatic carbocycles. The molecule has 3 heterocycles. The number of thioether (sulfide) groups is 1. The fourth-order valence-corrected chi connectivity index (χ4v) is 11.4. The summed E-state index contributed by atoms with van der Waals surface area (Å²) in [6.45, 7) is 4.10. The van der Waals surface area contributed by atoms with Gasteiger partial charge in [-0.1, -0.05) is 30.3 Å². The zero-order chi connectivity index (χ0) is 58.3. The Morgan fingerprint density at radius 1 is 0.556 bits per heavy atom. The third-order valence-electron chi connectivity index (χ3n) is 14.8. The number of unbranched alkanes of at least 4 members (excludes halogenated alkanes) is 1. The van der Waals surface area contributed by atoms with Crippen LogP contribution in [-0.4, -0.2) is 239 Å². The van der Waals surface area contributed by atoms with Gasteiger partial charge in [-0.2, -0.15) is 11.8 Å². The molecule has 29 heteroatoms. The van der Waals surface area contributed by atoms with Crippen molar-refractivity contribution >= 4 is 58.0 Å². The molecule has 454 valence electrons. The van der Waals surface area contributed by atoms with Gasteiger partial charge in [0.05, 0.1) is 24.3 Å². The van der Waals surface area contributed by atoms with Crippen molar-refractivity contribution in [3.8, 4) is 0 Å². The van der Waals surface area contributed by atoms with Gasteiger partial charge in [0.25, 0.3) is 0 Å². The average molecular weight is 1200 g/mol. The van der Waals surface area contributed by atoms with Crippen LogP contribution >= 0.6 is 36.2 Å². The normalized spacial score (nSPS) is 33.9. The van der Waals surface area contributed by atoms with E-state index in [9.17, 15) is 40.2 Å². The summed E-state index contributed by atoms with van der Waals surface area (Å²) in [6.07, 6.45) is -16.2. The minimum Gasteiger partial charge on any atom is -0.389 e. The Labute approximate surface area is 485 Å². The summed E-state index contributed by atoms with van der Waals surface area (Å²) in [6, 6.07) is 7.91. The quantitative estimate of drug-likeness (QED) is 0.0240. The number of rotatable bonds is 28. The van der Waals surface area contributed by atoms with Crippen LogP contribution in [0.5, 0.6) is 0 Å². The first-order chi connectivity index (χ1) is 38.9. The summed E-state index contributed by atoms with van der Waals surface area (Å²) in [5, 5.41) is 79.0. The highest BCUT2D eigenvalue weighted by Crippen LogP contribution is 2.36. The maximum absolute atomic E-state index is 13.1. The first-order valence-electron chi connectivity index (χ1n) is 27.5. The molecule has 19 atom stereocenters. The fourth-order valence-electron chi connectivity index (χ4n) is 10.1. The molecule has 0 amide bonds. The third-order valence-corrected chi connectivity index (χ3v) is 16.4. The Morgan fingerprint density at radius 2 is 1.05 bits per heavy atom. The molecular formula is C52H82N10O16S3. The van der Waals surface area contributed by atoms with Crippen molar-refractivity contribution in [2.24, 2.45) is 34.4 Å². The van der Waals surface area contributed by atoms with Crippen LogP contribution in [0.15, 0.2) is 42.5 Å². The molecule has 26 nitrogen and oxygen atoms in total. The number of ether oxygens (including phenoxy) is 8. The molecule has 7 rings (SSSR count). The van der Waals surface area contributed by atoms with E-state index >= 15 is 0 Å². The summed E-state index contributed by atoms with van der Waals surface area (Å²) < 4.78 is 48.1. The highest BCUT2D eigenvalue weighted by molar-refractivity contribution is 7.99. The van der Waals surface area contributed by atoms with Crippen LogP contribution in [0.2, 0.25) is 0 Å². The summed E-state index contributed by atoms with van der Waals surface area (Å²) in [5.41, 5.74) is 39.3. The zero-order valence-electron chi connectivity index (χ0n) is 45.0. The lowest BCUT2D eigenvalue weighted by Gasteiger charge is -2.47. The maximum atomic E-state index is 13.1. The zero-order valence-corrected chi connectivity index (χ0v) is 47.4. The molecule has 3 saturated heterocycles. The van der Waals surface area contributed by atoms with Crippen molar-refractivity contribution in [1.82, 2.24) is 21.3 Å². The Bertz CT molecular complexity index is 2360. The first-order valence-corrected chi connectivity index (χ1v) is 29.4. The smallest absolute Gasteiger partial charge is 0.194 e. The van der Waals surface area contributed by atoms with Crippen LogP contribution < -0.4 is 55.7 Å². The van der Waals surface area contributed by atoms with Crippen molar-refractivity contribution in [3.63, 3.8) is 0 Å². The number of ketones is 2. The molecule has 1 saturated carbocycles. The van der Waals surface area contributed by atoms with E-state index in [-0.39, 0.29) is 36.8 Å². The molecule has 5 aliphatic rings. The number of fused-ring (bicyclic) bond motifs is 2. The van der Waals surface area contributed by atoms with Crippen LogP contribution in [0, 0.1) is 0 Å². The maximum Gasteiger partial charge on any atom is 0.194 e. The number of aliphatic hydroxyl groups is 6. The van der Waals surface area contributed by atoms with E-state index in [1.165, 1.54) is 11.8 Å². The number of carbonyl (C=O) groups is 2. The van der Waals surface area contributed by atoms with Crippen LogP contribution in [0.25, 0.3) is 0 Å². The minimum absolute atomic E-state index is 0.0838. The van der Waals surface area contributed by atoms with Gasteiger partial charge in [0, 0.05) is 112 Å². The van der Waals surface area contributed by atoms with Crippen molar-refractivity contribution in [1.29, 1.82) is 0 Å². The number of aliphatic hydroxyl groups excluding tert-OH is 6. The third kappa shape index (κ3) is 17.0. The van der Waals surface area contributed by atoms with Gasteiger partial charge < -0.3 is 124 Å². The first kappa shape index (κ1) is 65.3. The second-order valence-corrected chi connectivity index (χ2v) is 22.6. The summed E-state index contributed by atoms with van der Waals surface area (Å²) in [4.78, 5) is 25.9. The predicted molar refractivity (Wildman–Crippen MR) is 304 cm³/mol. The van der Waals surface area contributed by atoms with Crippen molar-refractivity contribution in [2.75, 3.05) is 70.7 Å². The molecule has 0 bridgehead atoms. The van der Waals surface area contributed by atoms with E-state index in [4.69, 9.17) is 96.7 Å². The van der Waals surface area contributed by atoms with Crippen molar-refractivity contribution in [3.05, 3.63) is 70.3 Å². The summed E-state index contributed by atoms with van der Waals surface area (Å²) in [7, 11) is 0. The van der Waals surface area contributed by atoms with Crippen LogP contribution in [0.4, 0.5) is 0 Å². The van der Waals surface area contributed by atoms with Gasteiger partial charge in [0.1, 0.15) is 61.0 Å². The van der Waals surface area contributed by atoms with E-state index in [1.807, 2.05) is 6.07 Å². The van der Waals surface area contributed by atoms with E-state index in [0.29, 0.717) is 90.8 Å². The molecule has 0 aromatic heterocycles. The number of benzene rings is 2. The lowest BCUT2D eigenvalue weighted by atomic mass is 9.83. The highest BCUT2D eigenvalue weighted by atomic mass is 32.2. The van der Waals surface area contributed by atoms with Gasteiger partial charge in [-0.15, -0.1) is 0 Å². The molecule has 2 aromatic rings. The molecule has 3 aliphatic heterocycles. The highest BCUT2D eigenvalue weighted by Gasteiger charge is 2.54. The lowest BCUT2D eigenvalue weighted by Crippen LogP contribution is -2.68. The Balaban J connectivity index is 0.754. The summed E-state index contributed by atoms with van der Waals surface area (Å²) >= 11 is 12.3. The number of nitrogens with two attached hydrogens (primary N) is 6. The molecule has 1 unspecified atom stereocenters. The van der Waals surface area contributed by atoms with Crippen LogP contribution in [0.3, 0.4) is 0 Å². The van der Waals surface area contributed by atoms with E-state index in [0.717, 1.165) is 31.2 Å². The second kappa shape index (κ2) is 31.7. The predicted octanol–water partition coefficient (Wildman–Crippen LogP) is -4.66. The average Bonchev–Trinajstić information content (AvgIpc) is 3.79.